The van der Waals surface area contributed by atoms with Crippen LogP contribution in [0.15, 0.2) is 42.7 Å². The Hall–Kier alpha value is -2.70. The number of nitrogens with zero attached hydrogens (tertiary/aromatic N) is 3. The summed E-state index contributed by atoms with van der Waals surface area (Å²) in [5.74, 6) is -0.253. The number of benzene rings is 2. The summed E-state index contributed by atoms with van der Waals surface area (Å²) in [5.41, 5.74) is 5.98. The normalized spacial score (nSPS) is 11.2. The van der Waals surface area contributed by atoms with Gasteiger partial charge in [-0.05, 0) is 55.7 Å². The van der Waals surface area contributed by atoms with Crippen molar-refractivity contribution >= 4 is 39.9 Å². The number of hydrogen-bond acceptors (Lipinski definition) is 5. The minimum absolute atomic E-state index is 0.222. The van der Waals surface area contributed by atoms with Gasteiger partial charge < -0.3 is 9.30 Å². The lowest BCUT2D eigenvalue weighted by Crippen LogP contribution is -2.08. The van der Waals surface area contributed by atoms with E-state index in [1.165, 1.54) is 0 Å². The van der Waals surface area contributed by atoms with Crippen molar-refractivity contribution < 1.29 is 9.53 Å². The second-order valence-electron chi connectivity index (χ2n) is 7.39. The Morgan fingerprint density at radius 2 is 2.03 bits per heavy atom. The maximum atomic E-state index is 12.5. The van der Waals surface area contributed by atoms with E-state index in [4.69, 9.17) is 21.3 Å². The number of rotatable bonds is 7. The molecule has 4 rings (SSSR count). The Labute approximate surface area is 190 Å². The van der Waals surface area contributed by atoms with E-state index in [1.54, 1.807) is 11.3 Å². The summed E-state index contributed by atoms with van der Waals surface area (Å²) in [6.07, 6.45) is 2.82. The van der Waals surface area contributed by atoms with Crippen LogP contribution in [0, 0.1) is 6.92 Å². The first-order valence-corrected chi connectivity index (χ1v) is 11.5. The molecule has 0 aliphatic carbocycles. The van der Waals surface area contributed by atoms with Gasteiger partial charge in [0.25, 0.3) is 0 Å². The van der Waals surface area contributed by atoms with Crippen molar-refractivity contribution in [2.24, 2.45) is 0 Å². The zero-order chi connectivity index (χ0) is 22.0. The summed E-state index contributed by atoms with van der Waals surface area (Å²) in [4.78, 5) is 22.7. The molecule has 160 valence electrons. The Morgan fingerprint density at radius 1 is 1.19 bits per heavy atom. The maximum absolute atomic E-state index is 12.5. The highest BCUT2D eigenvalue weighted by molar-refractivity contribution is 7.15. The van der Waals surface area contributed by atoms with Crippen molar-refractivity contribution in [3.8, 4) is 10.6 Å². The van der Waals surface area contributed by atoms with E-state index in [9.17, 15) is 4.79 Å². The topological polar surface area (TPSA) is 57.0 Å². The van der Waals surface area contributed by atoms with Gasteiger partial charge in [-0.3, -0.25) is 4.79 Å². The second kappa shape index (κ2) is 9.20. The summed E-state index contributed by atoms with van der Waals surface area (Å²) in [6.45, 7) is 7.25. The Bertz CT molecular complexity index is 1250. The molecule has 4 aromatic rings. The van der Waals surface area contributed by atoms with Crippen LogP contribution in [0.25, 0.3) is 21.6 Å². The molecule has 0 aliphatic heterocycles. The third kappa shape index (κ3) is 4.65. The standard InChI is InChI=1S/C24H24ClN3O2S/c1-4-19-22(31-24(27-19)18-8-7-17(25)10-15(18)3)12-23(29)30-13-16-6-9-21-20(11-16)26-14-28(21)5-2/h6-11,14H,4-5,12-13H2,1-3H3. The number of esters is 1. The third-order valence-corrected chi connectivity index (χ3v) is 6.63. The van der Waals surface area contributed by atoms with Crippen molar-refractivity contribution in [1.29, 1.82) is 0 Å². The fraction of sp³-hybridized carbons (Fsp3) is 0.292. The van der Waals surface area contributed by atoms with E-state index >= 15 is 0 Å². The molecule has 0 saturated carbocycles. The Morgan fingerprint density at radius 3 is 2.77 bits per heavy atom. The maximum Gasteiger partial charge on any atom is 0.311 e. The zero-order valence-electron chi connectivity index (χ0n) is 17.8. The second-order valence-corrected chi connectivity index (χ2v) is 8.91. The highest BCUT2D eigenvalue weighted by atomic mass is 35.5. The fourth-order valence-corrected chi connectivity index (χ4v) is 5.03. The number of thiazole rings is 1. The van der Waals surface area contributed by atoms with E-state index in [0.717, 1.165) is 56.3 Å². The molecule has 2 aromatic carbocycles. The number of imidazole rings is 1. The summed E-state index contributed by atoms with van der Waals surface area (Å²) >= 11 is 7.63. The van der Waals surface area contributed by atoms with Crippen LogP contribution in [-0.4, -0.2) is 20.5 Å². The molecule has 0 bridgehead atoms. The van der Waals surface area contributed by atoms with Crippen LogP contribution in [-0.2, 0) is 35.5 Å². The van der Waals surface area contributed by atoms with Gasteiger partial charge in [-0.2, -0.15) is 0 Å². The van der Waals surface area contributed by atoms with E-state index in [1.807, 2.05) is 56.6 Å². The number of ether oxygens (including phenoxy) is 1. The highest BCUT2D eigenvalue weighted by Crippen LogP contribution is 2.32. The summed E-state index contributed by atoms with van der Waals surface area (Å²) in [7, 11) is 0. The molecule has 0 atom stereocenters. The van der Waals surface area contributed by atoms with Crippen molar-refractivity contribution in [3.05, 3.63) is 69.4 Å². The quantitative estimate of drug-likeness (QED) is 0.322. The van der Waals surface area contributed by atoms with Crippen LogP contribution in [0.5, 0.6) is 0 Å². The molecule has 7 heteroatoms. The molecule has 0 fully saturated rings. The molecule has 0 spiro atoms. The molecule has 2 aromatic heterocycles. The summed E-state index contributed by atoms with van der Waals surface area (Å²) in [6, 6.07) is 11.8. The van der Waals surface area contributed by atoms with Gasteiger partial charge in [0.15, 0.2) is 0 Å². The molecule has 0 aliphatic rings. The highest BCUT2D eigenvalue weighted by Gasteiger charge is 2.17. The lowest BCUT2D eigenvalue weighted by molar-refractivity contribution is -0.144. The largest absolute Gasteiger partial charge is 0.461 e. The van der Waals surface area contributed by atoms with Crippen molar-refractivity contribution in [1.82, 2.24) is 14.5 Å². The summed E-state index contributed by atoms with van der Waals surface area (Å²) < 4.78 is 7.64. The van der Waals surface area contributed by atoms with Gasteiger partial charge in [0, 0.05) is 22.0 Å². The average Bonchev–Trinajstić information content (AvgIpc) is 3.35. The molecule has 0 N–H and O–H groups in total. The van der Waals surface area contributed by atoms with Crippen LogP contribution in [0.1, 0.15) is 35.5 Å². The number of hydrogen-bond donors (Lipinski definition) is 0. The zero-order valence-corrected chi connectivity index (χ0v) is 19.4. The van der Waals surface area contributed by atoms with E-state index in [0.29, 0.717) is 5.02 Å². The van der Waals surface area contributed by atoms with Gasteiger partial charge in [-0.15, -0.1) is 11.3 Å². The van der Waals surface area contributed by atoms with Crippen LogP contribution >= 0.6 is 22.9 Å². The monoisotopic (exact) mass is 453 g/mol. The van der Waals surface area contributed by atoms with Crippen molar-refractivity contribution in [2.45, 2.75) is 46.8 Å². The molecule has 2 heterocycles. The van der Waals surface area contributed by atoms with E-state index in [2.05, 4.69) is 16.5 Å². The Kier molecular flexibility index (Phi) is 6.39. The Balaban J connectivity index is 1.45. The van der Waals surface area contributed by atoms with Gasteiger partial charge in [0.1, 0.15) is 11.6 Å². The van der Waals surface area contributed by atoms with Crippen LogP contribution < -0.4 is 0 Å². The predicted octanol–water partition coefficient (Wildman–Crippen LogP) is 5.99. The molecule has 0 radical (unpaired) electrons. The minimum atomic E-state index is -0.253. The van der Waals surface area contributed by atoms with Crippen LogP contribution in [0.3, 0.4) is 0 Å². The predicted molar refractivity (Wildman–Crippen MR) is 126 cm³/mol. The number of fused-ring (bicyclic) bond motifs is 1. The van der Waals surface area contributed by atoms with Crippen molar-refractivity contribution in [2.75, 3.05) is 0 Å². The van der Waals surface area contributed by atoms with Gasteiger partial charge in [0.2, 0.25) is 0 Å². The van der Waals surface area contributed by atoms with E-state index in [-0.39, 0.29) is 19.0 Å². The average molecular weight is 454 g/mol. The lowest BCUT2D eigenvalue weighted by atomic mass is 10.1. The molecule has 0 amide bonds. The number of aromatic nitrogens is 3. The molecule has 5 nitrogen and oxygen atoms in total. The van der Waals surface area contributed by atoms with E-state index < -0.39 is 0 Å². The van der Waals surface area contributed by atoms with Gasteiger partial charge in [-0.1, -0.05) is 30.7 Å². The first-order valence-electron chi connectivity index (χ1n) is 10.3. The molecular formula is C24H24ClN3O2S. The number of halogens is 1. The smallest absolute Gasteiger partial charge is 0.311 e. The first-order chi connectivity index (χ1) is 15.0. The molecule has 0 saturated heterocycles. The van der Waals surface area contributed by atoms with Crippen LogP contribution in [0.4, 0.5) is 0 Å². The summed E-state index contributed by atoms with van der Waals surface area (Å²) in [5, 5.41) is 1.61. The SMILES string of the molecule is CCc1nc(-c2ccc(Cl)cc2C)sc1CC(=O)OCc1ccc2c(c1)ncn2CC. The number of aryl methyl sites for hydroxylation is 3. The van der Waals surface area contributed by atoms with Crippen molar-refractivity contribution in [3.63, 3.8) is 0 Å². The molecular weight excluding hydrogens is 430 g/mol. The van der Waals surface area contributed by atoms with Gasteiger partial charge in [0.05, 0.1) is 29.5 Å². The third-order valence-electron chi connectivity index (χ3n) is 5.26. The minimum Gasteiger partial charge on any atom is -0.461 e. The van der Waals surface area contributed by atoms with Gasteiger partial charge >= 0.3 is 5.97 Å². The number of carbonyl (C=O) groups excluding carboxylic acids is 1. The molecule has 0 unspecified atom stereocenters. The first kappa shape index (κ1) is 21.5. The fourth-order valence-electron chi connectivity index (χ4n) is 3.58. The lowest BCUT2D eigenvalue weighted by Gasteiger charge is -2.06. The molecule has 31 heavy (non-hydrogen) atoms. The van der Waals surface area contributed by atoms with Gasteiger partial charge in [-0.25, -0.2) is 9.97 Å². The number of carbonyl (C=O) groups is 1. The van der Waals surface area contributed by atoms with Crippen LogP contribution in [0.2, 0.25) is 5.02 Å².